The second kappa shape index (κ2) is 6.10. The molecule has 6 heteroatoms. The highest BCUT2D eigenvalue weighted by atomic mass is 16.5. The standard InChI is InChI=1S/C13H15N3O3/c1-9(17)6-7-14-13(18)11-4-2-10(3-5-11)12-15-8-19-16-12/h2-5,8-9,17H,6-7H2,1H3,(H,14,18). The van der Waals surface area contributed by atoms with E-state index in [1.807, 2.05) is 0 Å². The normalized spacial score (nSPS) is 12.1. The SMILES string of the molecule is CC(O)CCNC(=O)c1ccc(-c2ncon2)cc1. The van der Waals surface area contributed by atoms with E-state index in [0.29, 0.717) is 24.4 Å². The van der Waals surface area contributed by atoms with E-state index in [9.17, 15) is 4.79 Å². The van der Waals surface area contributed by atoms with Crippen molar-refractivity contribution in [1.82, 2.24) is 15.5 Å². The number of aliphatic hydroxyl groups is 1. The van der Waals surface area contributed by atoms with E-state index in [1.165, 1.54) is 6.39 Å². The lowest BCUT2D eigenvalue weighted by Crippen LogP contribution is -2.26. The van der Waals surface area contributed by atoms with Gasteiger partial charge in [0.25, 0.3) is 5.91 Å². The Morgan fingerprint density at radius 2 is 2.16 bits per heavy atom. The molecule has 0 aliphatic heterocycles. The van der Waals surface area contributed by atoms with Crippen LogP contribution in [0.1, 0.15) is 23.7 Å². The maximum absolute atomic E-state index is 11.8. The zero-order valence-electron chi connectivity index (χ0n) is 10.5. The first kappa shape index (κ1) is 13.2. The highest BCUT2D eigenvalue weighted by Gasteiger charge is 2.07. The van der Waals surface area contributed by atoms with E-state index in [-0.39, 0.29) is 5.91 Å². The van der Waals surface area contributed by atoms with Crippen LogP contribution in [0.4, 0.5) is 0 Å². The van der Waals surface area contributed by atoms with Crippen LogP contribution < -0.4 is 5.32 Å². The Morgan fingerprint density at radius 3 is 2.74 bits per heavy atom. The molecule has 2 aromatic rings. The number of hydrogen-bond acceptors (Lipinski definition) is 5. The molecule has 0 spiro atoms. The van der Waals surface area contributed by atoms with Gasteiger partial charge in [-0.2, -0.15) is 4.98 Å². The number of aromatic nitrogens is 2. The summed E-state index contributed by atoms with van der Waals surface area (Å²) in [5.41, 5.74) is 1.34. The van der Waals surface area contributed by atoms with Crippen molar-refractivity contribution in [1.29, 1.82) is 0 Å². The van der Waals surface area contributed by atoms with E-state index in [1.54, 1.807) is 31.2 Å². The molecule has 1 atom stereocenters. The van der Waals surface area contributed by atoms with Crippen LogP contribution >= 0.6 is 0 Å². The van der Waals surface area contributed by atoms with E-state index >= 15 is 0 Å². The van der Waals surface area contributed by atoms with E-state index in [4.69, 9.17) is 5.11 Å². The highest BCUT2D eigenvalue weighted by molar-refractivity contribution is 5.94. The summed E-state index contributed by atoms with van der Waals surface area (Å²) in [5.74, 6) is 0.321. The average molecular weight is 261 g/mol. The third-order valence-corrected chi connectivity index (χ3v) is 2.61. The molecule has 0 saturated heterocycles. The van der Waals surface area contributed by atoms with Crippen LogP contribution in [0.2, 0.25) is 0 Å². The lowest BCUT2D eigenvalue weighted by atomic mass is 10.1. The Balaban J connectivity index is 1.96. The fraction of sp³-hybridized carbons (Fsp3) is 0.308. The van der Waals surface area contributed by atoms with Gasteiger partial charge in [-0.05, 0) is 25.5 Å². The largest absolute Gasteiger partial charge is 0.393 e. The Kier molecular flexibility index (Phi) is 4.25. The third-order valence-electron chi connectivity index (χ3n) is 2.61. The van der Waals surface area contributed by atoms with Gasteiger partial charge in [-0.1, -0.05) is 17.3 Å². The maximum atomic E-state index is 11.8. The van der Waals surface area contributed by atoms with Crippen LogP contribution in [-0.4, -0.2) is 33.8 Å². The van der Waals surface area contributed by atoms with Gasteiger partial charge in [-0.3, -0.25) is 4.79 Å². The number of benzene rings is 1. The molecule has 2 rings (SSSR count). The average Bonchev–Trinajstić information content (AvgIpc) is 2.92. The first-order chi connectivity index (χ1) is 9.16. The second-order valence-electron chi connectivity index (χ2n) is 4.23. The van der Waals surface area contributed by atoms with Gasteiger partial charge in [0.05, 0.1) is 6.10 Å². The zero-order valence-corrected chi connectivity index (χ0v) is 10.5. The van der Waals surface area contributed by atoms with Gasteiger partial charge in [0.2, 0.25) is 12.2 Å². The molecule has 0 bridgehead atoms. The molecular formula is C13H15N3O3. The van der Waals surface area contributed by atoms with Crippen molar-refractivity contribution >= 4 is 5.91 Å². The van der Waals surface area contributed by atoms with Gasteiger partial charge in [0.15, 0.2) is 0 Å². The van der Waals surface area contributed by atoms with Crippen molar-refractivity contribution in [3.8, 4) is 11.4 Å². The third kappa shape index (κ3) is 3.62. The smallest absolute Gasteiger partial charge is 0.251 e. The lowest BCUT2D eigenvalue weighted by molar-refractivity contribution is 0.0945. The second-order valence-corrected chi connectivity index (χ2v) is 4.23. The molecule has 0 fully saturated rings. The number of amides is 1. The van der Waals surface area contributed by atoms with Crippen LogP contribution in [0.25, 0.3) is 11.4 Å². The van der Waals surface area contributed by atoms with Crippen molar-refractivity contribution in [2.45, 2.75) is 19.4 Å². The fourth-order valence-electron chi connectivity index (χ4n) is 1.57. The lowest BCUT2D eigenvalue weighted by Gasteiger charge is -2.06. The number of rotatable bonds is 5. The minimum absolute atomic E-state index is 0.166. The summed E-state index contributed by atoms with van der Waals surface area (Å²) in [4.78, 5) is 15.7. The van der Waals surface area contributed by atoms with Crippen LogP contribution in [0.5, 0.6) is 0 Å². The molecule has 2 N–H and O–H groups in total. The molecule has 1 heterocycles. The first-order valence-corrected chi connectivity index (χ1v) is 6.00. The molecule has 0 aliphatic rings. The van der Waals surface area contributed by atoms with Crippen molar-refractivity contribution in [2.75, 3.05) is 6.54 Å². The molecule has 0 aliphatic carbocycles. The molecule has 100 valence electrons. The molecule has 1 unspecified atom stereocenters. The van der Waals surface area contributed by atoms with Crippen molar-refractivity contribution in [3.63, 3.8) is 0 Å². The summed E-state index contributed by atoms with van der Waals surface area (Å²) in [6.45, 7) is 2.13. The number of aliphatic hydroxyl groups excluding tert-OH is 1. The topological polar surface area (TPSA) is 88.2 Å². The predicted molar refractivity (Wildman–Crippen MR) is 68.4 cm³/mol. The maximum Gasteiger partial charge on any atom is 0.251 e. The molecular weight excluding hydrogens is 246 g/mol. The molecule has 19 heavy (non-hydrogen) atoms. The Labute approximate surface area is 110 Å². The molecule has 6 nitrogen and oxygen atoms in total. The van der Waals surface area contributed by atoms with Crippen molar-refractivity contribution in [2.24, 2.45) is 0 Å². The summed E-state index contributed by atoms with van der Waals surface area (Å²) < 4.78 is 4.66. The quantitative estimate of drug-likeness (QED) is 0.845. The number of nitrogens with zero attached hydrogens (tertiary/aromatic N) is 2. The van der Waals surface area contributed by atoms with Crippen molar-refractivity contribution < 1.29 is 14.4 Å². The summed E-state index contributed by atoms with van der Waals surface area (Å²) >= 11 is 0. The summed E-state index contributed by atoms with van der Waals surface area (Å²) in [6, 6.07) is 6.91. The predicted octanol–water partition coefficient (Wildman–Crippen LogP) is 1.24. The number of carbonyl (C=O) groups excluding carboxylic acids is 1. The Hall–Kier alpha value is -2.21. The van der Waals surface area contributed by atoms with Crippen molar-refractivity contribution in [3.05, 3.63) is 36.2 Å². The summed E-state index contributed by atoms with van der Waals surface area (Å²) in [6.07, 6.45) is 1.37. The minimum Gasteiger partial charge on any atom is -0.393 e. The highest BCUT2D eigenvalue weighted by Crippen LogP contribution is 2.14. The van der Waals surface area contributed by atoms with Gasteiger partial charge < -0.3 is 14.9 Å². The molecule has 1 aromatic carbocycles. The minimum atomic E-state index is -0.416. The number of carbonyl (C=O) groups is 1. The molecule has 0 saturated carbocycles. The van der Waals surface area contributed by atoms with Crippen LogP contribution in [0, 0.1) is 0 Å². The monoisotopic (exact) mass is 261 g/mol. The number of nitrogens with one attached hydrogen (secondary N) is 1. The Morgan fingerprint density at radius 1 is 1.42 bits per heavy atom. The zero-order chi connectivity index (χ0) is 13.7. The van der Waals surface area contributed by atoms with E-state index in [0.717, 1.165) is 5.56 Å². The first-order valence-electron chi connectivity index (χ1n) is 6.00. The van der Waals surface area contributed by atoms with Crippen LogP contribution in [0.15, 0.2) is 35.2 Å². The van der Waals surface area contributed by atoms with Gasteiger partial charge >= 0.3 is 0 Å². The van der Waals surface area contributed by atoms with Gasteiger partial charge in [0.1, 0.15) is 0 Å². The van der Waals surface area contributed by atoms with Crippen LogP contribution in [0.3, 0.4) is 0 Å². The fourth-order valence-corrected chi connectivity index (χ4v) is 1.57. The van der Waals surface area contributed by atoms with E-state index in [2.05, 4.69) is 20.0 Å². The number of hydrogen-bond donors (Lipinski definition) is 2. The van der Waals surface area contributed by atoms with Gasteiger partial charge in [0, 0.05) is 17.7 Å². The van der Waals surface area contributed by atoms with Gasteiger partial charge in [-0.25, -0.2) is 0 Å². The van der Waals surface area contributed by atoms with Gasteiger partial charge in [-0.15, -0.1) is 0 Å². The molecule has 1 amide bonds. The van der Waals surface area contributed by atoms with E-state index < -0.39 is 6.10 Å². The molecule has 0 radical (unpaired) electrons. The Bertz CT molecular complexity index is 521. The van der Waals surface area contributed by atoms with Crippen LogP contribution in [-0.2, 0) is 0 Å². The summed E-state index contributed by atoms with van der Waals surface area (Å²) in [7, 11) is 0. The summed E-state index contributed by atoms with van der Waals surface area (Å²) in [5, 5.41) is 15.6. The molecule has 1 aromatic heterocycles.